The molecule has 3 rings (SSSR count). The number of nitrogens with two attached hydrogens (primary N) is 1. The highest BCUT2D eigenvalue weighted by Gasteiger charge is 2.44. The van der Waals surface area contributed by atoms with Crippen LogP contribution in [-0.2, 0) is 22.1 Å². The third-order valence-electron chi connectivity index (χ3n) is 6.86. The van der Waals surface area contributed by atoms with Crippen LogP contribution < -0.4 is 10.6 Å². The number of allylic oxidation sites excluding steroid dienone is 1. The molecule has 2 amide bonds. The fourth-order valence-electron chi connectivity index (χ4n) is 4.93. The van der Waals surface area contributed by atoms with Gasteiger partial charge in [0.15, 0.2) is 0 Å². The van der Waals surface area contributed by atoms with Gasteiger partial charge >= 0.3 is 18.2 Å². The SMILES string of the molecule is COC(=O)C1=C(C)N(c2cccc(C(F)(F)F)c2)C(=N)N(C(N)=O)[C@@H]1c1ccc(C#N)cc1CCCC[N+](C)(C)C. The van der Waals surface area contributed by atoms with Crippen molar-refractivity contribution in [3.8, 4) is 6.07 Å². The lowest BCUT2D eigenvalue weighted by molar-refractivity contribution is -0.870. The molecule has 41 heavy (non-hydrogen) atoms. The standard InChI is InChI=1S/C29H33F3N6O3/c1-18-24(26(39)41-5)25(23-13-12-19(17-33)15-20(23)9-6-7-14-38(2,3)4)37(28(35)40)27(34)36(18)22-11-8-10-21(16-22)29(30,31)32/h8,10-13,15-16,25,34H,6-7,9,14H2,1-5H3,(H-,35,40)/p+1/t25-/m1/s1. The lowest BCUT2D eigenvalue weighted by Crippen LogP contribution is -2.55. The summed E-state index contributed by atoms with van der Waals surface area (Å²) in [5.41, 5.74) is 6.24. The number of nitrogens with zero attached hydrogens (tertiary/aromatic N) is 4. The van der Waals surface area contributed by atoms with Gasteiger partial charge in [0.05, 0.1) is 57.6 Å². The number of carbonyl (C=O) groups is 2. The van der Waals surface area contributed by atoms with Crippen molar-refractivity contribution in [2.45, 2.75) is 38.4 Å². The maximum Gasteiger partial charge on any atom is 0.416 e. The Morgan fingerprint density at radius 1 is 1.15 bits per heavy atom. The summed E-state index contributed by atoms with van der Waals surface area (Å²) in [5.74, 6) is -1.38. The molecule has 1 heterocycles. The van der Waals surface area contributed by atoms with Crippen LogP contribution in [0.1, 0.15) is 48.1 Å². The lowest BCUT2D eigenvalue weighted by Gasteiger charge is -2.43. The Labute approximate surface area is 237 Å². The number of anilines is 1. The largest absolute Gasteiger partial charge is 0.466 e. The number of hydrogen-bond acceptors (Lipinski definition) is 5. The van der Waals surface area contributed by atoms with E-state index in [1.54, 1.807) is 12.1 Å². The molecular weight excluding hydrogens is 537 g/mol. The van der Waals surface area contributed by atoms with E-state index in [2.05, 4.69) is 27.2 Å². The van der Waals surface area contributed by atoms with E-state index in [1.807, 2.05) is 0 Å². The number of aryl methyl sites for hydroxylation is 1. The predicted molar refractivity (Wildman–Crippen MR) is 148 cm³/mol. The number of methoxy groups -OCH3 is 1. The summed E-state index contributed by atoms with van der Waals surface area (Å²) in [4.78, 5) is 28.1. The molecule has 0 aliphatic carbocycles. The maximum atomic E-state index is 13.5. The first kappa shape index (κ1) is 31.2. The Kier molecular flexibility index (Phi) is 9.13. The van der Waals surface area contributed by atoms with Crippen LogP contribution >= 0.6 is 0 Å². The van der Waals surface area contributed by atoms with Gasteiger partial charge in [0.2, 0.25) is 5.96 Å². The second kappa shape index (κ2) is 12.0. The molecule has 0 radical (unpaired) electrons. The molecule has 0 unspecified atom stereocenters. The van der Waals surface area contributed by atoms with Gasteiger partial charge in [-0.15, -0.1) is 0 Å². The number of nitrogens with one attached hydrogen (secondary N) is 1. The van der Waals surface area contributed by atoms with Crippen molar-refractivity contribution < 1.29 is 32.0 Å². The number of hydrogen-bond donors (Lipinski definition) is 2. The fourth-order valence-corrected chi connectivity index (χ4v) is 4.93. The lowest BCUT2D eigenvalue weighted by atomic mass is 9.87. The number of unbranched alkanes of at least 4 members (excludes halogenated alkanes) is 1. The van der Waals surface area contributed by atoms with Crippen LogP contribution in [0.3, 0.4) is 0 Å². The number of ether oxygens (including phenoxy) is 1. The zero-order valence-electron chi connectivity index (χ0n) is 23.7. The van der Waals surface area contributed by atoms with Crippen LogP contribution in [0, 0.1) is 16.7 Å². The molecule has 0 aromatic heterocycles. The highest BCUT2D eigenvalue weighted by Crippen LogP contribution is 2.42. The molecule has 12 heteroatoms. The van der Waals surface area contributed by atoms with Crippen molar-refractivity contribution in [1.29, 1.82) is 10.7 Å². The molecule has 9 nitrogen and oxygen atoms in total. The maximum absolute atomic E-state index is 13.5. The summed E-state index contributed by atoms with van der Waals surface area (Å²) in [7, 11) is 7.37. The second-order valence-electron chi connectivity index (χ2n) is 10.8. The number of benzene rings is 2. The number of rotatable bonds is 8. The van der Waals surface area contributed by atoms with Crippen LogP contribution in [0.2, 0.25) is 0 Å². The van der Waals surface area contributed by atoms with E-state index in [-0.39, 0.29) is 17.0 Å². The van der Waals surface area contributed by atoms with Crippen molar-refractivity contribution in [1.82, 2.24) is 4.90 Å². The smallest absolute Gasteiger partial charge is 0.416 e. The van der Waals surface area contributed by atoms with Gasteiger partial charge in [-0.1, -0.05) is 12.1 Å². The van der Waals surface area contributed by atoms with Crippen molar-refractivity contribution in [2.24, 2.45) is 5.73 Å². The molecule has 3 N–H and O–H groups in total. The summed E-state index contributed by atoms with van der Waals surface area (Å²) >= 11 is 0. The van der Waals surface area contributed by atoms with Gasteiger partial charge in [0, 0.05) is 11.4 Å². The molecule has 2 aromatic carbocycles. The molecule has 0 saturated carbocycles. The number of nitriles is 1. The normalized spacial score (nSPS) is 16.1. The third kappa shape index (κ3) is 6.86. The summed E-state index contributed by atoms with van der Waals surface area (Å²) < 4.78 is 46.3. The third-order valence-corrected chi connectivity index (χ3v) is 6.86. The zero-order chi connectivity index (χ0) is 30.7. The molecule has 1 atom stereocenters. The Bertz CT molecular complexity index is 1420. The molecule has 0 saturated heterocycles. The van der Waals surface area contributed by atoms with Crippen LogP contribution in [0.15, 0.2) is 53.7 Å². The van der Waals surface area contributed by atoms with Crippen LogP contribution in [-0.4, -0.2) is 62.1 Å². The number of esters is 1. The van der Waals surface area contributed by atoms with E-state index < -0.39 is 35.7 Å². The van der Waals surface area contributed by atoms with E-state index >= 15 is 0 Å². The Morgan fingerprint density at radius 2 is 1.83 bits per heavy atom. The number of guanidine groups is 1. The van der Waals surface area contributed by atoms with Gasteiger partial charge in [0.1, 0.15) is 6.04 Å². The van der Waals surface area contributed by atoms with Gasteiger partial charge in [-0.05, 0) is 67.6 Å². The Balaban J connectivity index is 2.23. The van der Waals surface area contributed by atoms with Crippen LogP contribution in [0.4, 0.5) is 23.7 Å². The Hall–Kier alpha value is -4.37. The predicted octanol–water partition coefficient (Wildman–Crippen LogP) is 4.93. The zero-order valence-corrected chi connectivity index (χ0v) is 23.7. The monoisotopic (exact) mass is 571 g/mol. The van der Waals surface area contributed by atoms with E-state index in [0.717, 1.165) is 52.9 Å². The summed E-state index contributed by atoms with van der Waals surface area (Å²) in [5, 5.41) is 18.5. The molecular formula is C29H34F3N6O3+. The van der Waals surface area contributed by atoms with Crippen molar-refractivity contribution in [2.75, 3.05) is 39.7 Å². The van der Waals surface area contributed by atoms with E-state index in [0.29, 0.717) is 23.1 Å². The minimum atomic E-state index is -4.66. The van der Waals surface area contributed by atoms with Crippen molar-refractivity contribution in [3.05, 3.63) is 76.0 Å². The highest BCUT2D eigenvalue weighted by atomic mass is 19.4. The Morgan fingerprint density at radius 3 is 2.39 bits per heavy atom. The molecule has 218 valence electrons. The van der Waals surface area contributed by atoms with Gasteiger partial charge < -0.3 is 15.0 Å². The average Bonchev–Trinajstić information content (AvgIpc) is 2.89. The highest BCUT2D eigenvalue weighted by molar-refractivity contribution is 6.10. The topological polar surface area (TPSA) is 124 Å². The van der Waals surface area contributed by atoms with Gasteiger partial charge in [0.25, 0.3) is 0 Å². The van der Waals surface area contributed by atoms with E-state index in [4.69, 9.17) is 15.9 Å². The quantitative estimate of drug-likeness (QED) is 0.264. The number of carbonyl (C=O) groups excluding carboxylic acids is 2. The number of alkyl halides is 3. The molecule has 2 aromatic rings. The minimum absolute atomic E-state index is 0.0722. The number of urea groups is 1. The molecule has 0 spiro atoms. The molecule has 0 fully saturated rings. The van der Waals surface area contributed by atoms with E-state index in [9.17, 15) is 28.0 Å². The summed E-state index contributed by atoms with van der Waals surface area (Å²) in [6, 6.07) is 8.84. The molecule has 0 bridgehead atoms. The van der Waals surface area contributed by atoms with Crippen molar-refractivity contribution in [3.63, 3.8) is 0 Å². The van der Waals surface area contributed by atoms with Gasteiger partial charge in [-0.25, -0.2) is 9.59 Å². The van der Waals surface area contributed by atoms with Gasteiger partial charge in [-0.2, -0.15) is 18.4 Å². The number of quaternary nitrogens is 1. The first-order valence-corrected chi connectivity index (χ1v) is 12.9. The van der Waals surface area contributed by atoms with Gasteiger partial charge in [-0.3, -0.25) is 15.2 Å². The molecule has 1 aliphatic heterocycles. The number of halogens is 3. The minimum Gasteiger partial charge on any atom is -0.466 e. The first-order valence-electron chi connectivity index (χ1n) is 12.9. The van der Waals surface area contributed by atoms with E-state index in [1.165, 1.54) is 25.1 Å². The first-order chi connectivity index (χ1) is 19.1. The second-order valence-corrected chi connectivity index (χ2v) is 10.8. The molecule has 1 aliphatic rings. The fraction of sp³-hybridized carbons (Fsp3) is 0.379. The van der Waals surface area contributed by atoms with Crippen LogP contribution in [0.5, 0.6) is 0 Å². The van der Waals surface area contributed by atoms with Crippen molar-refractivity contribution >= 4 is 23.6 Å². The van der Waals surface area contributed by atoms with Crippen LogP contribution in [0.25, 0.3) is 0 Å². The number of primary amides is 1. The summed E-state index contributed by atoms with van der Waals surface area (Å²) in [6.45, 7) is 2.37. The summed E-state index contributed by atoms with van der Waals surface area (Å²) in [6.07, 6.45) is -2.55. The average molecular weight is 572 g/mol. The number of amides is 2.